The van der Waals surface area contributed by atoms with Gasteiger partial charge in [-0.1, -0.05) is 38.1 Å². The van der Waals surface area contributed by atoms with Crippen LogP contribution in [-0.4, -0.2) is 24.0 Å². The minimum absolute atomic E-state index is 0.564. The Morgan fingerprint density at radius 3 is 2.63 bits per heavy atom. The molecule has 19 heavy (non-hydrogen) atoms. The fourth-order valence-corrected chi connectivity index (χ4v) is 3.10. The third kappa shape index (κ3) is 3.58. The molecule has 0 spiro atoms. The molecule has 0 aromatic heterocycles. The van der Waals surface area contributed by atoms with Crippen LogP contribution in [-0.2, 0) is 6.54 Å². The lowest BCUT2D eigenvalue weighted by Crippen LogP contribution is -2.38. The smallest absolute Gasteiger partial charge is 0.0366 e. The van der Waals surface area contributed by atoms with Crippen LogP contribution in [0.4, 0.5) is 0 Å². The summed E-state index contributed by atoms with van der Waals surface area (Å²) in [5.74, 6) is 0.714. The summed E-state index contributed by atoms with van der Waals surface area (Å²) in [5, 5.41) is 3.55. The number of benzene rings is 1. The van der Waals surface area contributed by atoms with E-state index in [0.717, 1.165) is 13.1 Å². The maximum Gasteiger partial charge on any atom is 0.0366 e. The van der Waals surface area contributed by atoms with Crippen LogP contribution in [0.5, 0.6) is 0 Å². The van der Waals surface area contributed by atoms with Gasteiger partial charge in [-0.25, -0.2) is 0 Å². The molecule has 0 bridgehead atoms. The van der Waals surface area contributed by atoms with E-state index in [1.54, 1.807) is 0 Å². The van der Waals surface area contributed by atoms with E-state index in [1.165, 1.54) is 24.1 Å². The number of nitrogens with zero attached hydrogens (tertiary/aromatic N) is 1. The van der Waals surface area contributed by atoms with Crippen LogP contribution in [0.1, 0.15) is 51.3 Å². The lowest BCUT2D eigenvalue weighted by molar-refractivity contribution is 0.129. The molecule has 2 nitrogen and oxygen atoms in total. The minimum atomic E-state index is 0.564. The highest BCUT2D eigenvalue weighted by atomic mass is 15.2. The molecule has 2 heteroatoms. The standard InChI is InChI=1S/C17H28N2/c1-13(2)12-19(14(3)4)17-9-10-18-11-15-7-5-6-8-16(15)17/h5-8,13-14,17-18H,9-12H2,1-4H3. The molecule has 0 saturated heterocycles. The molecule has 1 aromatic rings. The highest BCUT2D eigenvalue weighted by Gasteiger charge is 2.26. The molecule has 0 amide bonds. The van der Waals surface area contributed by atoms with Crippen LogP contribution in [0, 0.1) is 5.92 Å². The second kappa shape index (κ2) is 6.53. The summed E-state index contributed by atoms with van der Waals surface area (Å²) in [7, 11) is 0. The summed E-state index contributed by atoms with van der Waals surface area (Å²) in [5.41, 5.74) is 3.00. The maximum atomic E-state index is 3.55. The van der Waals surface area contributed by atoms with E-state index in [9.17, 15) is 0 Å². The Bertz CT molecular complexity index is 398. The Balaban J connectivity index is 2.30. The molecular weight excluding hydrogens is 232 g/mol. The molecule has 1 atom stereocenters. The van der Waals surface area contributed by atoms with Crippen LogP contribution in [0.25, 0.3) is 0 Å². The van der Waals surface area contributed by atoms with Crippen molar-refractivity contribution in [2.45, 2.75) is 52.7 Å². The third-order valence-electron chi connectivity index (χ3n) is 3.96. The van der Waals surface area contributed by atoms with Crippen molar-refractivity contribution in [3.05, 3.63) is 35.4 Å². The van der Waals surface area contributed by atoms with E-state index < -0.39 is 0 Å². The number of fused-ring (bicyclic) bond motifs is 1. The normalized spacial score (nSPS) is 19.8. The molecule has 1 heterocycles. The Labute approximate surface area is 118 Å². The van der Waals surface area contributed by atoms with Gasteiger partial charge in [-0.15, -0.1) is 0 Å². The van der Waals surface area contributed by atoms with Gasteiger partial charge in [0.15, 0.2) is 0 Å². The predicted molar refractivity (Wildman–Crippen MR) is 82.2 cm³/mol. The molecule has 1 N–H and O–H groups in total. The zero-order valence-corrected chi connectivity index (χ0v) is 12.8. The third-order valence-corrected chi connectivity index (χ3v) is 3.96. The van der Waals surface area contributed by atoms with E-state index in [0.29, 0.717) is 18.0 Å². The van der Waals surface area contributed by atoms with Crippen molar-refractivity contribution < 1.29 is 0 Å². The second-order valence-corrected chi connectivity index (χ2v) is 6.36. The first-order valence-corrected chi connectivity index (χ1v) is 7.64. The van der Waals surface area contributed by atoms with E-state index in [4.69, 9.17) is 0 Å². The molecule has 0 radical (unpaired) electrons. The van der Waals surface area contributed by atoms with E-state index in [-0.39, 0.29) is 0 Å². The van der Waals surface area contributed by atoms with Gasteiger partial charge in [-0.3, -0.25) is 4.90 Å². The van der Waals surface area contributed by atoms with Gasteiger partial charge < -0.3 is 5.32 Å². The molecule has 0 fully saturated rings. The van der Waals surface area contributed by atoms with E-state index in [1.807, 2.05) is 0 Å². The number of hydrogen-bond donors (Lipinski definition) is 1. The Morgan fingerprint density at radius 2 is 1.95 bits per heavy atom. The SMILES string of the molecule is CC(C)CN(C(C)C)C1CCNCc2ccccc21. The van der Waals surface area contributed by atoms with Crippen LogP contribution < -0.4 is 5.32 Å². The number of hydrogen-bond acceptors (Lipinski definition) is 2. The number of nitrogens with one attached hydrogen (secondary N) is 1. The second-order valence-electron chi connectivity index (χ2n) is 6.36. The highest BCUT2D eigenvalue weighted by Crippen LogP contribution is 2.31. The van der Waals surface area contributed by atoms with Crippen LogP contribution in [0.2, 0.25) is 0 Å². The van der Waals surface area contributed by atoms with E-state index >= 15 is 0 Å². The molecule has 2 rings (SSSR count). The summed E-state index contributed by atoms with van der Waals surface area (Å²) < 4.78 is 0. The Kier molecular flexibility index (Phi) is 5.00. The Morgan fingerprint density at radius 1 is 1.21 bits per heavy atom. The van der Waals surface area contributed by atoms with Crippen molar-refractivity contribution in [3.8, 4) is 0 Å². The average molecular weight is 260 g/mol. The van der Waals surface area contributed by atoms with Gasteiger partial charge in [0.25, 0.3) is 0 Å². The monoisotopic (exact) mass is 260 g/mol. The summed E-state index contributed by atoms with van der Waals surface area (Å²) in [6.45, 7) is 12.6. The van der Waals surface area contributed by atoms with Crippen molar-refractivity contribution >= 4 is 0 Å². The lowest BCUT2D eigenvalue weighted by atomic mass is 9.96. The summed E-state index contributed by atoms with van der Waals surface area (Å²) >= 11 is 0. The first-order chi connectivity index (χ1) is 9.09. The van der Waals surface area contributed by atoms with Gasteiger partial charge in [0.05, 0.1) is 0 Å². The van der Waals surface area contributed by atoms with Gasteiger partial charge in [0.2, 0.25) is 0 Å². The minimum Gasteiger partial charge on any atom is -0.313 e. The van der Waals surface area contributed by atoms with Crippen molar-refractivity contribution in [1.82, 2.24) is 10.2 Å². The van der Waals surface area contributed by atoms with Gasteiger partial charge >= 0.3 is 0 Å². The van der Waals surface area contributed by atoms with Crippen LogP contribution in [0.15, 0.2) is 24.3 Å². The maximum absolute atomic E-state index is 3.55. The van der Waals surface area contributed by atoms with Crippen molar-refractivity contribution in [1.29, 1.82) is 0 Å². The van der Waals surface area contributed by atoms with E-state index in [2.05, 4.69) is 62.2 Å². The number of rotatable bonds is 4. The molecule has 0 aliphatic carbocycles. The van der Waals surface area contributed by atoms with Crippen LogP contribution >= 0.6 is 0 Å². The Hall–Kier alpha value is -0.860. The molecule has 0 saturated carbocycles. The molecular formula is C17H28N2. The zero-order valence-electron chi connectivity index (χ0n) is 12.8. The van der Waals surface area contributed by atoms with Gasteiger partial charge in [-0.2, -0.15) is 0 Å². The van der Waals surface area contributed by atoms with Crippen molar-refractivity contribution in [2.24, 2.45) is 5.92 Å². The quantitative estimate of drug-likeness (QED) is 0.890. The first kappa shape index (κ1) is 14.5. The van der Waals surface area contributed by atoms with Gasteiger partial charge in [0, 0.05) is 25.2 Å². The summed E-state index contributed by atoms with van der Waals surface area (Å²) in [6, 6.07) is 10.1. The van der Waals surface area contributed by atoms with Gasteiger partial charge in [0.1, 0.15) is 0 Å². The fraction of sp³-hybridized carbons (Fsp3) is 0.647. The topological polar surface area (TPSA) is 15.3 Å². The predicted octanol–water partition coefficient (Wildman–Crippen LogP) is 3.59. The largest absolute Gasteiger partial charge is 0.313 e. The van der Waals surface area contributed by atoms with Crippen molar-refractivity contribution in [2.75, 3.05) is 13.1 Å². The fourth-order valence-electron chi connectivity index (χ4n) is 3.10. The molecule has 1 aromatic carbocycles. The van der Waals surface area contributed by atoms with Crippen LogP contribution in [0.3, 0.4) is 0 Å². The molecule has 1 aliphatic rings. The average Bonchev–Trinajstić information content (AvgIpc) is 2.57. The van der Waals surface area contributed by atoms with Gasteiger partial charge in [-0.05, 0) is 43.9 Å². The highest BCUT2D eigenvalue weighted by molar-refractivity contribution is 5.31. The molecule has 1 aliphatic heterocycles. The summed E-state index contributed by atoms with van der Waals surface area (Å²) in [4.78, 5) is 2.68. The van der Waals surface area contributed by atoms with Crippen molar-refractivity contribution in [3.63, 3.8) is 0 Å². The summed E-state index contributed by atoms with van der Waals surface area (Å²) in [6.07, 6.45) is 1.21. The zero-order chi connectivity index (χ0) is 13.8. The molecule has 1 unspecified atom stereocenters. The lowest BCUT2D eigenvalue weighted by Gasteiger charge is -2.36. The first-order valence-electron chi connectivity index (χ1n) is 7.64. The molecule has 106 valence electrons.